The minimum absolute atomic E-state index is 0.0142. The Morgan fingerprint density at radius 2 is 2.12 bits per heavy atom. The van der Waals surface area contributed by atoms with Gasteiger partial charge in [-0.2, -0.15) is 0 Å². The topological polar surface area (TPSA) is 101 Å². The van der Waals surface area contributed by atoms with Gasteiger partial charge in [0, 0.05) is 49.6 Å². The van der Waals surface area contributed by atoms with E-state index in [4.69, 9.17) is 0 Å². The molecule has 3 aliphatic rings. The van der Waals surface area contributed by atoms with Gasteiger partial charge in [-0.05, 0) is 31.0 Å². The molecule has 0 aromatic heterocycles. The van der Waals surface area contributed by atoms with Gasteiger partial charge in [-0.3, -0.25) is 14.4 Å². The van der Waals surface area contributed by atoms with Gasteiger partial charge in [-0.1, -0.05) is 25.2 Å². The van der Waals surface area contributed by atoms with Crippen LogP contribution in [-0.2, 0) is 20.0 Å². The molecule has 1 aromatic carbocycles. The molecular weight excluding hydrogens is 422 g/mol. The van der Waals surface area contributed by atoms with E-state index < -0.39 is 17.4 Å². The minimum atomic E-state index is -1.82. The predicted molar refractivity (Wildman–Crippen MR) is 125 cm³/mol. The molecule has 3 heterocycles. The van der Waals surface area contributed by atoms with Gasteiger partial charge in [0.1, 0.15) is 0 Å². The number of nitrogens with zero attached hydrogens (tertiary/aromatic N) is 3. The molecule has 2 N–H and O–H groups in total. The summed E-state index contributed by atoms with van der Waals surface area (Å²) >= 11 is 0. The number of likely N-dealkylation sites (tertiary alicyclic amines) is 1. The van der Waals surface area contributed by atoms with Crippen molar-refractivity contribution in [1.29, 1.82) is 0 Å². The van der Waals surface area contributed by atoms with Crippen LogP contribution < -0.4 is 9.80 Å². The van der Waals surface area contributed by atoms with Gasteiger partial charge < -0.3 is 24.9 Å². The van der Waals surface area contributed by atoms with E-state index in [-0.39, 0.29) is 37.4 Å². The molecule has 176 valence electrons. The second kappa shape index (κ2) is 9.11. The highest BCUT2D eigenvalue weighted by Crippen LogP contribution is 2.47. The maximum atomic E-state index is 13.3. The Bertz CT molecular complexity index is 1010. The van der Waals surface area contributed by atoms with Crippen LogP contribution in [0.25, 0.3) is 0 Å². The van der Waals surface area contributed by atoms with Crippen molar-refractivity contribution >= 4 is 29.1 Å². The van der Waals surface area contributed by atoms with E-state index in [1.165, 1.54) is 4.90 Å². The Hall–Kier alpha value is -2.97. The van der Waals surface area contributed by atoms with Crippen LogP contribution in [0, 0.1) is 5.92 Å². The fraction of sp³-hybridized carbons (Fsp3) is 0.480. The average Bonchev–Trinajstić information content (AvgIpc) is 3.36. The predicted octanol–water partition coefficient (Wildman–Crippen LogP) is 1.71. The summed E-state index contributed by atoms with van der Waals surface area (Å²) in [6.45, 7) is 6.92. The third-order valence-electron chi connectivity index (χ3n) is 7.01. The van der Waals surface area contributed by atoms with Crippen molar-refractivity contribution in [2.75, 3.05) is 36.0 Å². The molecule has 8 heteroatoms. The zero-order chi connectivity index (χ0) is 23.8. The highest BCUT2D eigenvalue weighted by atomic mass is 16.3. The quantitative estimate of drug-likeness (QED) is 0.461. The summed E-state index contributed by atoms with van der Waals surface area (Å²) < 4.78 is 0. The molecule has 3 amide bonds. The first-order valence-corrected chi connectivity index (χ1v) is 11.5. The molecule has 4 rings (SSSR count). The number of rotatable bonds is 8. The lowest BCUT2D eigenvalue weighted by molar-refractivity contribution is -0.139. The first-order valence-electron chi connectivity index (χ1n) is 11.5. The Labute approximate surface area is 193 Å². The summed E-state index contributed by atoms with van der Waals surface area (Å²) in [5.74, 6) is -1.12. The van der Waals surface area contributed by atoms with Crippen LogP contribution in [-0.4, -0.2) is 65.1 Å². The van der Waals surface area contributed by atoms with Crippen LogP contribution in [0.15, 0.2) is 43.0 Å². The number of fused-ring (bicyclic) bond motifs is 1. The fourth-order valence-corrected chi connectivity index (χ4v) is 4.98. The van der Waals surface area contributed by atoms with Crippen molar-refractivity contribution in [3.63, 3.8) is 0 Å². The highest BCUT2D eigenvalue weighted by Gasteiger charge is 2.52. The first kappa shape index (κ1) is 23.2. The molecule has 0 spiro atoms. The molecule has 33 heavy (non-hydrogen) atoms. The summed E-state index contributed by atoms with van der Waals surface area (Å²) in [5, 5.41) is 21.1. The van der Waals surface area contributed by atoms with E-state index in [1.807, 2.05) is 0 Å². The van der Waals surface area contributed by atoms with E-state index in [0.29, 0.717) is 36.4 Å². The third-order valence-corrected chi connectivity index (χ3v) is 7.01. The Morgan fingerprint density at radius 3 is 2.76 bits per heavy atom. The van der Waals surface area contributed by atoms with Gasteiger partial charge in [-0.15, -0.1) is 6.58 Å². The number of aliphatic hydroxyl groups excluding tert-OH is 1. The molecule has 0 radical (unpaired) electrons. The second-order valence-electron chi connectivity index (χ2n) is 8.95. The number of benzene rings is 1. The van der Waals surface area contributed by atoms with Crippen LogP contribution in [0.2, 0.25) is 0 Å². The fourth-order valence-electron chi connectivity index (χ4n) is 4.98. The molecule has 2 fully saturated rings. The number of aliphatic hydroxyl groups is 2. The number of hydrogen-bond donors (Lipinski definition) is 2. The van der Waals surface area contributed by atoms with Crippen molar-refractivity contribution in [3.8, 4) is 0 Å². The monoisotopic (exact) mass is 453 g/mol. The van der Waals surface area contributed by atoms with E-state index in [0.717, 1.165) is 12.8 Å². The van der Waals surface area contributed by atoms with E-state index in [2.05, 4.69) is 6.58 Å². The van der Waals surface area contributed by atoms with Crippen LogP contribution in [0.4, 0.5) is 11.4 Å². The minimum Gasteiger partial charge on any atom is -0.394 e. The van der Waals surface area contributed by atoms with Crippen molar-refractivity contribution < 1.29 is 24.6 Å². The molecule has 0 bridgehead atoms. The van der Waals surface area contributed by atoms with Crippen LogP contribution >= 0.6 is 0 Å². The number of carbonyl (C=O) groups is 3. The van der Waals surface area contributed by atoms with Crippen LogP contribution in [0.3, 0.4) is 0 Å². The Morgan fingerprint density at radius 1 is 1.33 bits per heavy atom. The van der Waals surface area contributed by atoms with Crippen LogP contribution in [0.5, 0.6) is 0 Å². The van der Waals surface area contributed by atoms with Crippen molar-refractivity contribution in [3.05, 3.63) is 48.6 Å². The van der Waals surface area contributed by atoms with E-state index in [1.54, 1.807) is 53.2 Å². The van der Waals surface area contributed by atoms with Crippen molar-refractivity contribution in [2.45, 2.75) is 44.2 Å². The average molecular weight is 454 g/mol. The van der Waals surface area contributed by atoms with Gasteiger partial charge in [0.2, 0.25) is 11.8 Å². The summed E-state index contributed by atoms with van der Waals surface area (Å²) in [7, 11) is 0. The molecule has 8 nitrogen and oxygen atoms in total. The second-order valence-corrected chi connectivity index (χ2v) is 8.95. The van der Waals surface area contributed by atoms with Crippen molar-refractivity contribution in [2.24, 2.45) is 5.92 Å². The molecule has 0 unspecified atom stereocenters. The number of amides is 3. The molecule has 3 atom stereocenters. The lowest BCUT2D eigenvalue weighted by Crippen LogP contribution is -2.45. The first-order chi connectivity index (χ1) is 15.8. The van der Waals surface area contributed by atoms with Gasteiger partial charge >= 0.3 is 0 Å². The summed E-state index contributed by atoms with van der Waals surface area (Å²) in [6, 6.07) is 5.14. The number of carbonyl (C=O) groups excluding carboxylic acids is 3. The zero-order valence-electron chi connectivity index (χ0n) is 18.9. The van der Waals surface area contributed by atoms with Crippen molar-refractivity contribution in [1.82, 2.24) is 4.90 Å². The Kier molecular flexibility index (Phi) is 6.41. The molecule has 0 aliphatic carbocycles. The third kappa shape index (κ3) is 3.87. The highest BCUT2D eigenvalue weighted by molar-refractivity contribution is 6.08. The zero-order valence-corrected chi connectivity index (χ0v) is 18.9. The van der Waals surface area contributed by atoms with Gasteiger partial charge in [0.25, 0.3) is 5.91 Å². The van der Waals surface area contributed by atoms with E-state index in [9.17, 15) is 24.6 Å². The van der Waals surface area contributed by atoms with Gasteiger partial charge in [0.15, 0.2) is 5.60 Å². The number of β-lactam (4-membered cyclic amide) rings is 1. The molecule has 2 saturated heterocycles. The van der Waals surface area contributed by atoms with E-state index >= 15 is 0 Å². The summed E-state index contributed by atoms with van der Waals surface area (Å²) in [6.07, 6.45) is 7.29. The smallest absolute Gasteiger partial charge is 0.264 e. The standard InChI is InChI=1S/C25H31N3O5/c1-3-12-28-21-10-9-18(27-14-11-23(27)31)15-20(21)25(33,24(28)32)17(2)6-4-8-22(30)26-13-5-7-19(26)16-29/h3-4,6,9-10,15,17,19,29,33H,1,5,7-8,11-14,16H2,2H3/b6-4+/t17-,19+,25+/m1/s1. The van der Waals surface area contributed by atoms with Gasteiger partial charge in [0.05, 0.1) is 18.3 Å². The molecule has 1 aromatic rings. The molecular formula is C25H31N3O5. The number of hydrogen-bond acceptors (Lipinski definition) is 5. The maximum Gasteiger partial charge on any atom is 0.264 e. The van der Waals surface area contributed by atoms with Gasteiger partial charge in [-0.25, -0.2) is 0 Å². The summed E-state index contributed by atoms with van der Waals surface area (Å²) in [5.41, 5.74) is -0.108. The SMILES string of the molecule is C=CCN1C(=O)[C@](O)([C@H](C)/C=C/CC(=O)N2CCC[C@H]2CO)c2cc(N3CCC3=O)ccc21. The maximum absolute atomic E-state index is 13.3. The molecule has 0 saturated carbocycles. The van der Waals surface area contributed by atoms with Crippen LogP contribution in [0.1, 0.15) is 38.2 Å². The number of anilines is 2. The Balaban J connectivity index is 1.58. The molecule has 3 aliphatic heterocycles. The summed E-state index contributed by atoms with van der Waals surface area (Å²) in [4.78, 5) is 42.7. The normalized spacial score (nSPS) is 25.5. The lowest BCUT2D eigenvalue weighted by Gasteiger charge is -2.32. The largest absolute Gasteiger partial charge is 0.394 e. The lowest BCUT2D eigenvalue weighted by atomic mass is 9.82.